The van der Waals surface area contributed by atoms with Crippen LogP contribution in [0.25, 0.3) is 0 Å². The zero-order valence-electron chi connectivity index (χ0n) is 16.6. The first-order chi connectivity index (χ1) is 14.7. The molecule has 0 bridgehead atoms. The van der Waals surface area contributed by atoms with Crippen LogP contribution in [0.2, 0.25) is 0 Å². The SMILES string of the molecule is O=C(c1ccncc1)N1CCC2(COCc3cnc(NCc4ccccc4)nc32)C1. The first kappa shape index (κ1) is 18.7. The van der Waals surface area contributed by atoms with E-state index in [4.69, 9.17) is 9.72 Å². The largest absolute Gasteiger partial charge is 0.376 e. The third kappa shape index (κ3) is 3.52. The van der Waals surface area contributed by atoms with Crippen LogP contribution in [0.4, 0.5) is 5.95 Å². The number of carbonyl (C=O) groups excluding carboxylic acids is 1. The van der Waals surface area contributed by atoms with Crippen molar-refractivity contribution in [2.45, 2.75) is 25.0 Å². The average molecular weight is 401 g/mol. The van der Waals surface area contributed by atoms with Crippen molar-refractivity contribution in [3.63, 3.8) is 0 Å². The van der Waals surface area contributed by atoms with E-state index in [1.807, 2.05) is 29.3 Å². The minimum atomic E-state index is -0.289. The Labute approximate surface area is 175 Å². The van der Waals surface area contributed by atoms with Crippen molar-refractivity contribution in [1.82, 2.24) is 19.9 Å². The minimum Gasteiger partial charge on any atom is -0.376 e. The Balaban J connectivity index is 1.37. The van der Waals surface area contributed by atoms with Crippen LogP contribution >= 0.6 is 0 Å². The molecular weight excluding hydrogens is 378 g/mol. The third-order valence-corrected chi connectivity index (χ3v) is 5.86. The van der Waals surface area contributed by atoms with Gasteiger partial charge in [0.2, 0.25) is 5.95 Å². The number of benzene rings is 1. The summed E-state index contributed by atoms with van der Waals surface area (Å²) in [6.45, 7) is 3.01. The fourth-order valence-corrected chi connectivity index (χ4v) is 4.29. The second-order valence-electron chi connectivity index (χ2n) is 7.89. The third-order valence-electron chi connectivity index (χ3n) is 5.86. The van der Waals surface area contributed by atoms with E-state index in [-0.39, 0.29) is 11.3 Å². The Bertz CT molecular complexity index is 1040. The summed E-state index contributed by atoms with van der Waals surface area (Å²) >= 11 is 0. The van der Waals surface area contributed by atoms with Gasteiger partial charge in [-0.15, -0.1) is 0 Å². The molecule has 7 nitrogen and oxygen atoms in total. The van der Waals surface area contributed by atoms with Crippen molar-refractivity contribution in [2.24, 2.45) is 0 Å². The van der Waals surface area contributed by atoms with Crippen LogP contribution in [0.15, 0.2) is 61.1 Å². The summed E-state index contributed by atoms with van der Waals surface area (Å²) in [7, 11) is 0. The van der Waals surface area contributed by atoms with Crippen molar-refractivity contribution < 1.29 is 9.53 Å². The van der Waals surface area contributed by atoms with Crippen LogP contribution in [-0.4, -0.2) is 45.5 Å². The molecule has 1 unspecified atom stereocenters. The summed E-state index contributed by atoms with van der Waals surface area (Å²) < 4.78 is 5.89. The number of pyridine rings is 1. The Morgan fingerprint density at radius 3 is 2.83 bits per heavy atom. The molecule has 0 radical (unpaired) electrons. The van der Waals surface area contributed by atoms with Crippen molar-refractivity contribution in [2.75, 3.05) is 25.0 Å². The summed E-state index contributed by atoms with van der Waals surface area (Å²) in [5, 5.41) is 3.33. The van der Waals surface area contributed by atoms with Crippen LogP contribution in [-0.2, 0) is 23.3 Å². The highest BCUT2D eigenvalue weighted by molar-refractivity contribution is 5.94. The standard InChI is InChI=1S/C23H23N5O2/c29-21(18-6-9-24-10-7-18)28-11-8-23(15-28)16-30-14-19-13-26-22(27-20(19)23)25-12-17-4-2-1-3-5-17/h1-7,9-10,13H,8,11-12,14-16H2,(H,25,26,27). The lowest BCUT2D eigenvalue weighted by Gasteiger charge is -2.34. The highest BCUT2D eigenvalue weighted by Crippen LogP contribution is 2.39. The second-order valence-corrected chi connectivity index (χ2v) is 7.89. The molecule has 1 N–H and O–H groups in total. The van der Waals surface area contributed by atoms with Gasteiger partial charge in [0.25, 0.3) is 5.91 Å². The maximum Gasteiger partial charge on any atom is 0.253 e. The molecule has 1 amide bonds. The number of ether oxygens (including phenoxy) is 1. The van der Waals surface area contributed by atoms with Gasteiger partial charge in [-0.25, -0.2) is 9.97 Å². The number of hydrogen-bond acceptors (Lipinski definition) is 6. The smallest absolute Gasteiger partial charge is 0.253 e. The molecule has 1 fully saturated rings. The first-order valence-electron chi connectivity index (χ1n) is 10.1. The lowest BCUT2D eigenvalue weighted by Crippen LogP contribution is -2.41. The van der Waals surface area contributed by atoms with E-state index in [1.54, 1.807) is 24.5 Å². The van der Waals surface area contributed by atoms with Crippen molar-refractivity contribution in [3.8, 4) is 0 Å². The predicted octanol–water partition coefficient (Wildman–Crippen LogP) is 2.80. The van der Waals surface area contributed by atoms with E-state index in [0.717, 1.165) is 17.7 Å². The van der Waals surface area contributed by atoms with Gasteiger partial charge in [-0.05, 0) is 24.1 Å². The zero-order valence-corrected chi connectivity index (χ0v) is 16.6. The summed E-state index contributed by atoms with van der Waals surface area (Å²) in [5.74, 6) is 0.635. The lowest BCUT2D eigenvalue weighted by atomic mass is 9.80. The normalized spacial score (nSPS) is 20.2. The highest BCUT2D eigenvalue weighted by atomic mass is 16.5. The molecule has 4 heterocycles. The number of amides is 1. The molecule has 0 aliphatic carbocycles. The molecule has 7 heteroatoms. The van der Waals surface area contributed by atoms with Gasteiger partial charge in [-0.1, -0.05) is 30.3 Å². The number of carbonyl (C=O) groups is 1. The Morgan fingerprint density at radius 1 is 1.17 bits per heavy atom. The first-order valence-corrected chi connectivity index (χ1v) is 10.1. The van der Waals surface area contributed by atoms with E-state index >= 15 is 0 Å². The van der Waals surface area contributed by atoms with Crippen LogP contribution in [0.3, 0.4) is 0 Å². The molecule has 2 aliphatic rings. The average Bonchev–Trinajstić information content (AvgIpc) is 3.23. The quantitative estimate of drug-likeness (QED) is 0.724. The molecular formula is C23H23N5O2. The van der Waals surface area contributed by atoms with Crippen molar-refractivity contribution in [1.29, 1.82) is 0 Å². The molecule has 2 aromatic heterocycles. The Kier molecular flexibility index (Phi) is 4.88. The van der Waals surface area contributed by atoms with E-state index in [0.29, 0.717) is 44.4 Å². The maximum atomic E-state index is 12.9. The number of nitrogens with zero attached hydrogens (tertiary/aromatic N) is 4. The number of rotatable bonds is 4. The van der Waals surface area contributed by atoms with Gasteiger partial charge in [0, 0.05) is 49.4 Å². The molecule has 3 aromatic rings. The van der Waals surface area contributed by atoms with Crippen LogP contribution in [0.1, 0.15) is 33.6 Å². The summed E-state index contributed by atoms with van der Waals surface area (Å²) in [6, 6.07) is 13.7. The molecule has 2 aliphatic heterocycles. The van der Waals surface area contributed by atoms with E-state index in [1.165, 1.54) is 5.56 Å². The number of nitrogens with one attached hydrogen (secondary N) is 1. The van der Waals surface area contributed by atoms with Crippen LogP contribution in [0.5, 0.6) is 0 Å². The number of aromatic nitrogens is 3. The highest BCUT2D eigenvalue weighted by Gasteiger charge is 2.46. The number of likely N-dealkylation sites (tertiary alicyclic amines) is 1. The molecule has 1 aromatic carbocycles. The van der Waals surface area contributed by atoms with Gasteiger partial charge >= 0.3 is 0 Å². The molecule has 0 saturated carbocycles. The minimum absolute atomic E-state index is 0.0258. The number of anilines is 1. The molecule has 30 heavy (non-hydrogen) atoms. The van der Waals surface area contributed by atoms with Crippen LogP contribution in [0, 0.1) is 0 Å². The molecule has 152 valence electrons. The maximum absolute atomic E-state index is 12.9. The van der Waals surface area contributed by atoms with Crippen molar-refractivity contribution in [3.05, 3.63) is 83.4 Å². The van der Waals surface area contributed by atoms with Gasteiger partial charge in [-0.2, -0.15) is 0 Å². The van der Waals surface area contributed by atoms with Gasteiger partial charge < -0.3 is 15.0 Å². The van der Waals surface area contributed by atoms with Gasteiger partial charge in [0.1, 0.15) is 0 Å². The van der Waals surface area contributed by atoms with E-state index < -0.39 is 0 Å². The summed E-state index contributed by atoms with van der Waals surface area (Å²) in [4.78, 5) is 28.2. The van der Waals surface area contributed by atoms with Crippen molar-refractivity contribution >= 4 is 11.9 Å². The van der Waals surface area contributed by atoms with Crippen LogP contribution < -0.4 is 5.32 Å². The Hall–Kier alpha value is -3.32. The number of hydrogen-bond donors (Lipinski definition) is 1. The second kappa shape index (κ2) is 7.84. The van der Waals surface area contributed by atoms with E-state index in [9.17, 15) is 4.79 Å². The van der Waals surface area contributed by atoms with Gasteiger partial charge in [0.05, 0.1) is 24.3 Å². The molecule has 1 spiro atoms. The fraction of sp³-hybridized carbons (Fsp3) is 0.304. The van der Waals surface area contributed by atoms with Gasteiger partial charge in [-0.3, -0.25) is 9.78 Å². The van der Waals surface area contributed by atoms with E-state index in [2.05, 4.69) is 27.4 Å². The Morgan fingerprint density at radius 2 is 2.00 bits per heavy atom. The van der Waals surface area contributed by atoms with Gasteiger partial charge in [0.15, 0.2) is 0 Å². The lowest BCUT2D eigenvalue weighted by molar-refractivity contribution is 0.0485. The topological polar surface area (TPSA) is 80.2 Å². The monoisotopic (exact) mass is 401 g/mol. The predicted molar refractivity (Wildman–Crippen MR) is 112 cm³/mol. The summed E-state index contributed by atoms with van der Waals surface area (Å²) in [6.07, 6.45) is 5.97. The number of fused-ring (bicyclic) bond motifs is 2. The zero-order chi connectivity index (χ0) is 20.4. The molecule has 1 atom stereocenters. The fourth-order valence-electron chi connectivity index (χ4n) is 4.29. The molecule has 1 saturated heterocycles. The molecule has 5 rings (SSSR count). The summed E-state index contributed by atoms with van der Waals surface area (Å²) in [5.41, 5.74) is 3.55.